The van der Waals surface area contributed by atoms with E-state index in [0.29, 0.717) is 0 Å². The Morgan fingerprint density at radius 2 is 1.50 bits per heavy atom. The average molecular weight is 251 g/mol. The Hall–Kier alpha value is -1.05. The van der Waals surface area contributed by atoms with Crippen LogP contribution in [0.4, 0.5) is 0 Å². The lowest BCUT2D eigenvalue weighted by Gasteiger charge is -2.02. The third-order valence-corrected chi connectivity index (χ3v) is 2.93. The van der Waals surface area contributed by atoms with E-state index in [1.807, 2.05) is 6.92 Å². The van der Waals surface area contributed by atoms with E-state index in [9.17, 15) is 9.90 Å². The van der Waals surface area contributed by atoms with Gasteiger partial charge in [-0.05, 0) is 39.0 Å². The van der Waals surface area contributed by atoms with E-state index >= 15 is 0 Å². The number of hydrogen-bond donors (Lipinski definition) is 0. The van der Waals surface area contributed by atoms with Crippen LogP contribution in [0.2, 0.25) is 0 Å². The number of rotatable bonds is 12. The number of carbonyl (C=O) groups excluding carboxylic acids is 1. The van der Waals surface area contributed by atoms with Crippen LogP contribution >= 0.6 is 0 Å². The zero-order valence-corrected chi connectivity index (χ0v) is 11.7. The van der Waals surface area contributed by atoms with Gasteiger partial charge >= 0.3 is 0 Å². The van der Waals surface area contributed by atoms with Crippen molar-refractivity contribution in [3.8, 4) is 0 Å². The van der Waals surface area contributed by atoms with Crippen LogP contribution in [0.15, 0.2) is 24.3 Å². The van der Waals surface area contributed by atoms with Crippen molar-refractivity contribution in [2.45, 2.75) is 71.1 Å². The maximum Gasteiger partial charge on any atom is 0.0414 e. The Kier molecular flexibility index (Phi) is 13.2. The van der Waals surface area contributed by atoms with Crippen molar-refractivity contribution in [1.82, 2.24) is 0 Å². The fourth-order valence-corrected chi connectivity index (χ4v) is 1.84. The lowest BCUT2D eigenvalue weighted by Crippen LogP contribution is -2.21. The van der Waals surface area contributed by atoms with Gasteiger partial charge in [0, 0.05) is 5.97 Å². The van der Waals surface area contributed by atoms with Gasteiger partial charge in [0.05, 0.1) is 0 Å². The number of unbranched alkanes of at least 4 members (excludes halogenated alkanes) is 7. The summed E-state index contributed by atoms with van der Waals surface area (Å²) in [4.78, 5) is 10.2. The quantitative estimate of drug-likeness (QED) is 0.391. The first-order valence-electron chi connectivity index (χ1n) is 7.23. The smallest absolute Gasteiger partial charge is 0.0414 e. The Labute approximate surface area is 112 Å². The van der Waals surface area contributed by atoms with Crippen molar-refractivity contribution in [2.75, 3.05) is 0 Å². The Morgan fingerprint density at radius 3 is 2.11 bits per heavy atom. The summed E-state index contributed by atoms with van der Waals surface area (Å²) >= 11 is 0. The van der Waals surface area contributed by atoms with Crippen LogP contribution in [0.3, 0.4) is 0 Å². The van der Waals surface area contributed by atoms with Gasteiger partial charge in [-0.3, -0.25) is 0 Å². The molecule has 0 rings (SSSR count). The van der Waals surface area contributed by atoms with E-state index < -0.39 is 5.97 Å². The summed E-state index contributed by atoms with van der Waals surface area (Å²) < 4.78 is 0. The summed E-state index contributed by atoms with van der Waals surface area (Å²) in [5.41, 5.74) is 0. The van der Waals surface area contributed by atoms with Gasteiger partial charge in [0.15, 0.2) is 0 Å². The molecule has 0 aromatic carbocycles. The second-order valence-corrected chi connectivity index (χ2v) is 4.66. The van der Waals surface area contributed by atoms with Gasteiger partial charge in [0.1, 0.15) is 0 Å². The van der Waals surface area contributed by atoms with Crippen molar-refractivity contribution in [2.24, 2.45) is 0 Å². The molecule has 0 radical (unpaired) electrons. The Bertz CT molecular complexity index is 241. The zero-order chi connectivity index (χ0) is 13.5. The van der Waals surface area contributed by atoms with Crippen LogP contribution in [0.1, 0.15) is 71.1 Å². The van der Waals surface area contributed by atoms with E-state index in [4.69, 9.17) is 0 Å². The minimum Gasteiger partial charge on any atom is -0.550 e. The van der Waals surface area contributed by atoms with Crippen LogP contribution in [0.25, 0.3) is 0 Å². The zero-order valence-electron chi connectivity index (χ0n) is 11.7. The topological polar surface area (TPSA) is 40.1 Å². The molecule has 0 saturated carbocycles. The molecule has 0 aliphatic heterocycles. The van der Waals surface area contributed by atoms with E-state index in [0.717, 1.165) is 25.7 Å². The molecule has 0 aliphatic carbocycles. The predicted molar refractivity (Wildman–Crippen MR) is 75.1 cm³/mol. The van der Waals surface area contributed by atoms with Gasteiger partial charge < -0.3 is 9.90 Å². The molecular formula is C16H27O2-. The summed E-state index contributed by atoms with van der Waals surface area (Å²) in [6.45, 7) is 2.04. The monoisotopic (exact) mass is 251 g/mol. The number of hydrogen-bond acceptors (Lipinski definition) is 2. The van der Waals surface area contributed by atoms with Gasteiger partial charge in [-0.2, -0.15) is 0 Å². The molecule has 0 heterocycles. The number of allylic oxidation sites excluding steroid dienone is 4. The van der Waals surface area contributed by atoms with Crippen LogP contribution in [-0.2, 0) is 4.79 Å². The standard InChI is InChI=1S/C16H28O2/c1-2-3-4-5-6-7-8-9-10-11-12-13-14-15-16(17)18/h2-3,5-6H,4,7-15H2,1H3,(H,17,18)/p-1/b3-2+,6-5+. The maximum atomic E-state index is 10.2. The van der Waals surface area contributed by atoms with Gasteiger partial charge in [-0.25, -0.2) is 0 Å². The molecule has 0 saturated heterocycles. The van der Waals surface area contributed by atoms with Gasteiger partial charge in [0.25, 0.3) is 0 Å². The summed E-state index contributed by atoms with van der Waals surface area (Å²) in [6, 6.07) is 0. The fraction of sp³-hybridized carbons (Fsp3) is 0.688. The molecule has 2 nitrogen and oxygen atoms in total. The highest BCUT2D eigenvalue weighted by atomic mass is 16.4. The molecule has 0 unspecified atom stereocenters. The Morgan fingerprint density at radius 1 is 0.889 bits per heavy atom. The van der Waals surface area contributed by atoms with Crippen LogP contribution in [-0.4, -0.2) is 5.97 Å². The van der Waals surface area contributed by atoms with E-state index in [2.05, 4.69) is 24.3 Å². The van der Waals surface area contributed by atoms with Crippen molar-refractivity contribution in [3.63, 3.8) is 0 Å². The predicted octanol–water partition coefficient (Wildman–Crippen LogP) is 3.77. The molecule has 0 fully saturated rings. The third-order valence-electron chi connectivity index (χ3n) is 2.93. The summed E-state index contributed by atoms with van der Waals surface area (Å²) in [5.74, 6) is -0.917. The fourth-order valence-electron chi connectivity index (χ4n) is 1.84. The normalized spacial score (nSPS) is 11.6. The van der Waals surface area contributed by atoms with Gasteiger partial charge in [-0.1, -0.05) is 56.4 Å². The molecule has 18 heavy (non-hydrogen) atoms. The van der Waals surface area contributed by atoms with E-state index in [1.165, 1.54) is 32.1 Å². The average Bonchev–Trinajstić information content (AvgIpc) is 2.34. The van der Waals surface area contributed by atoms with Gasteiger partial charge in [0.2, 0.25) is 0 Å². The maximum absolute atomic E-state index is 10.2. The number of aliphatic carboxylic acids is 1. The molecule has 104 valence electrons. The van der Waals surface area contributed by atoms with E-state index in [1.54, 1.807) is 0 Å². The first-order chi connectivity index (χ1) is 8.77. The molecule has 0 bridgehead atoms. The lowest BCUT2D eigenvalue weighted by atomic mass is 10.1. The SMILES string of the molecule is C/C=C/C/C=C/CCCCCCCCCC(=O)[O-]. The van der Waals surface area contributed by atoms with Crippen molar-refractivity contribution in [3.05, 3.63) is 24.3 Å². The lowest BCUT2D eigenvalue weighted by molar-refractivity contribution is -0.305. The Balaban J connectivity index is 3.07. The summed E-state index contributed by atoms with van der Waals surface area (Å²) in [5, 5.41) is 10.2. The highest BCUT2D eigenvalue weighted by Crippen LogP contribution is 2.09. The summed E-state index contributed by atoms with van der Waals surface area (Å²) in [7, 11) is 0. The first-order valence-corrected chi connectivity index (χ1v) is 7.23. The molecule has 0 aliphatic rings. The first kappa shape index (κ1) is 16.9. The van der Waals surface area contributed by atoms with Crippen molar-refractivity contribution >= 4 is 5.97 Å². The van der Waals surface area contributed by atoms with Gasteiger partial charge in [-0.15, -0.1) is 0 Å². The minimum absolute atomic E-state index is 0.219. The molecular weight excluding hydrogens is 224 g/mol. The third kappa shape index (κ3) is 14.9. The van der Waals surface area contributed by atoms with Crippen molar-refractivity contribution < 1.29 is 9.90 Å². The van der Waals surface area contributed by atoms with E-state index in [-0.39, 0.29) is 6.42 Å². The number of carboxylic acid groups (broad SMARTS) is 1. The molecule has 0 amide bonds. The second kappa shape index (κ2) is 14.0. The number of carboxylic acids is 1. The number of carbonyl (C=O) groups is 1. The van der Waals surface area contributed by atoms with Crippen LogP contribution in [0, 0.1) is 0 Å². The van der Waals surface area contributed by atoms with Crippen LogP contribution in [0.5, 0.6) is 0 Å². The molecule has 0 aromatic heterocycles. The largest absolute Gasteiger partial charge is 0.550 e. The van der Waals surface area contributed by atoms with Crippen molar-refractivity contribution in [1.29, 1.82) is 0 Å². The molecule has 0 spiro atoms. The molecule has 2 heteroatoms. The molecule has 0 N–H and O–H groups in total. The highest BCUT2D eigenvalue weighted by molar-refractivity contribution is 5.63. The minimum atomic E-state index is -0.917. The molecule has 0 aromatic rings. The second-order valence-electron chi connectivity index (χ2n) is 4.66. The molecule has 0 atom stereocenters. The highest BCUT2D eigenvalue weighted by Gasteiger charge is 1.92. The van der Waals surface area contributed by atoms with Crippen LogP contribution < -0.4 is 5.11 Å². The summed E-state index contributed by atoms with van der Waals surface area (Å²) in [6.07, 6.45) is 19.2.